The lowest BCUT2D eigenvalue weighted by Crippen LogP contribution is -2.19. The number of nitrogens with one attached hydrogen (secondary N) is 1. The molecule has 1 unspecified atom stereocenters. The van der Waals surface area contributed by atoms with Crippen molar-refractivity contribution in [3.8, 4) is 6.07 Å². The minimum Gasteiger partial charge on any atom is -0.322 e. The topological polar surface area (TPSA) is 69.0 Å². The first-order chi connectivity index (χ1) is 14.6. The maximum absolute atomic E-state index is 12.5. The van der Waals surface area contributed by atoms with Crippen LogP contribution in [0.2, 0.25) is 5.02 Å². The number of rotatable bonds is 5. The molecule has 0 radical (unpaired) electrons. The van der Waals surface area contributed by atoms with E-state index in [1.807, 2.05) is 60.7 Å². The summed E-state index contributed by atoms with van der Waals surface area (Å²) in [4.78, 5) is 20.2. The van der Waals surface area contributed by atoms with E-state index in [4.69, 9.17) is 16.6 Å². The molecule has 0 amide bonds. The highest BCUT2D eigenvalue weighted by atomic mass is 35.5. The van der Waals surface area contributed by atoms with Gasteiger partial charge >= 0.3 is 0 Å². The van der Waals surface area contributed by atoms with Crippen LogP contribution in [0, 0.1) is 11.3 Å². The largest absolute Gasteiger partial charge is 0.322 e. The molecule has 1 atom stereocenters. The Kier molecular flexibility index (Phi) is 5.74. The monoisotopic (exact) mass is 411 g/mol. The minimum absolute atomic E-state index is 0.206. The maximum atomic E-state index is 12.5. The number of aliphatic imine (C=N–C) groups is 1. The molecule has 3 aromatic carbocycles. The summed E-state index contributed by atoms with van der Waals surface area (Å²) < 4.78 is 0. The van der Waals surface area contributed by atoms with Gasteiger partial charge in [-0.2, -0.15) is 5.26 Å². The quantitative estimate of drug-likeness (QED) is 0.461. The molecular formula is C25H18ClN3O. The van der Waals surface area contributed by atoms with Crippen molar-refractivity contribution in [3.05, 3.63) is 117 Å². The highest BCUT2D eigenvalue weighted by Crippen LogP contribution is 2.19. The van der Waals surface area contributed by atoms with Crippen LogP contribution in [0.5, 0.6) is 0 Å². The summed E-state index contributed by atoms with van der Waals surface area (Å²) >= 11 is 6.08. The Morgan fingerprint density at radius 2 is 1.60 bits per heavy atom. The van der Waals surface area contributed by atoms with E-state index in [-0.39, 0.29) is 12.0 Å². The van der Waals surface area contributed by atoms with Gasteiger partial charge in [0.15, 0.2) is 0 Å². The van der Waals surface area contributed by atoms with Crippen LogP contribution in [0.15, 0.2) is 94.7 Å². The fraction of sp³-hybridized carbons (Fsp3) is 0.0800. The van der Waals surface area contributed by atoms with E-state index in [1.54, 1.807) is 24.3 Å². The van der Waals surface area contributed by atoms with Gasteiger partial charge in [0.25, 0.3) is 5.56 Å². The number of aromatic nitrogens is 1. The minimum atomic E-state index is -0.710. The van der Waals surface area contributed by atoms with Crippen LogP contribution in [-0.4, -0.2) is 16.7 Å². The van der Waals surface area contributed by atoms with Gasteiger partial charge in [-0.05, 0) is 29.7 Å². The third-order valence-corrected chi connectivity index (χ3v) is 5.06. The molecule has 0 saturated carbocycles. The Labute approximate surface area is 179 Å². The van der Waals surface area contributed by atoms with Crippen molar-refractivity contribution >= 4 is 28.2 Å². The molecule has 0 aliphatic rings. The summed E-state index contributed by atoms with van der Waals surface area (Å²) in [5, 5.41) is 11.2. The predicted octanol–water partition coefficient (Wildman–Crippen LogP) is 5.15. The van der Waals surface area contributed by atoms with Crippen LogP contribution in [-0.2, 0) is 6.42 Å². The van der Waals surface area contributed by atoms with Crippen molar-refractivity contribution in [2.24, 2.45) is 4.99 Å². The molecule has 4 nitrogen and oxygen atoms in total. The zero-order valence-electron chi connectivity index (χ0n) is 16.0. The number of nitriles is 1. The molecule has 0 spiro atoms. The number of aromatic amines is 1. The van der Waals surface area contributed by atoms with Gasteiger partial charge in [0.2, 0.25) is 0 Å². The van der Waals surface area contributed by atoms with Crippen molar-refractivity contribution in [2.75, 3.05) is 0 Å². The molecule has 1 N–H and O–H groups in total. The first-order valence-electron chi connectivity index (χ1n) is 9.54. The van der Waals surface area contributed by atoms with Gasteiger partial charge in [0.1, 0.15) is 6.04 Å². The van der Waals surface area contributed by atoms with E-state index in [0.29, 0.717) is 16.1 Å². The molecule has 0 aliphatic carbocycles. The van der Waals surface area contributed by atoms with E-state index < -0.39 is 6.04 Å². The number of halogens is 1. The summed E-state index contributed by atoms with van der Waals surface area (Å²) in [6, 6.07) is 28.1. The zero-order valence-corrected chi connectivity index (χ0v) is 16.8. The lowest BCUT2D eigenvalue weighted by molar-refractivity contribution is 0.816. The Morgan fingerprint density at radius 1 is 0.967 bits per heavy atom. The van der Waals surface area contributed by atoms with Gasteiger partial charge in [0.05, 0.1) is 11.8 Å². The van der Waals surface area contributed by atoms with Crippen LogP contribution in [0.25, 0.3) is 10.9 Å². The second kappa shape index (κ2) is 8.77. The summed E-state index contributed by atoms with van der Waals surface area (Å²) in [6.45, 7) is 0. The fourth-order valence-electron chi connectivity index (χ4n) is 3.37. The molecule has 30 heavy (non-hydrogen) atoms. The normalized spacial score (nSPS) is 11.6. The SMILES string of the molecule is N#CC(Cc1cc2cc(Cl)ccc2[nH]c1=O)N=C(c1ccccc1)c1ccccc1. The Bertz CT molecular complexity index is 1260. The number of pyridine rings is 1. The molecule has 5 heteroatoms. The molecule has 4 aromatic rings. The summed E-state index contributed by atoms with van der Waals surface area (Å²) in [5.74, 6) is 0. The smallest absolute Gasteiger partial charge is 0.251 e. The molecule has 4 rings (SSSR count). The van der Waals surface area contributed by atoms with Gasteiger partial charge in [-0.3, -0.25) is 9.79 Å². The second-order valence-electron chi connectivity index (χ2n) is 6.91. The van der Waals surface area contributed by atoms with E-state index >= 15 is 0 Å². The van der Waals surface area contributed by atoms with Crippen molar-refractivity contribution in [3.63, 3.8) is 0 Å². The van der Waals surface area contributed by atoms with Crippen molar-refractivity contribution in [2.45, 2.75) is 12.5 Å². The number of hydrogen-bond donors (Lipinski definition) is 1. The molecule has 0 bridgehead atoms. The lowest BCUT2D eigenvalue weighted by Gasteiger charge is -2.11. The number of nitrogens with zero attached hydrogens (tertiary/aromatic N) is 2. The van der Waals surface area contributed by atoms with Gasteiger partial charge in [-0.25, -0.2) is 0 Å². The average molecular weight is 412 g/mol. The molecule has 146 valence electrons. The van der Waals surface area contributed by atoms with E-state index in [9.17, 15) is 10.1 Å². The van der Waals surface area contributed by atoms with Crippen LogP contribution >= 0.6 is 11.6 Å². The van der Waals surface area contributed by atoms with Crippen LogP contribution in [0.1, 0.15) is 16.7 Å². The predicted molar refractivity (Wildman–Crippen MR) is 121 cm³/mol. The van der Waals surface area contributed by atoms with Crippen LogP contribution in [0.3, 0.4) is 0 Å². The maximum Gasteiger partial charge on any atom is 0.251 e. The molecular weight excluding hydrogens is 394 g/mol. The second-order valence-corrected chi connectivity index (χ2v) is 7.35. The van der Waals surface area contributed by atoms with Crippen LogP contribution < -0.4 is 5.56 Å². The van der Waals surface area contributed by atoms with E-state index in [0.717, 1.165) is 22.2 Å². The van der Waals surface area contributed by atoms with Gasteiger partial charge in [-0.1, -0.05) is 72.3 Å². The summed E-state index contributed by atoms with van der Waals surface area (Å²) in [7, 11) is 0. The zero-order chi connectivity index (χ0) is 20.9. The van der Waals surface area contributed by atoms with Crippen molar-refractivity contribution in [1.82, 2.24) is 4.98 Å². The van der Waals surface area contributed by atoms with Crippen molar-refractivity contribution in [1.29, 1.82) is 5.26 Å². The number of benzene rings is 3. The number of fused-ring (bicyclic) bond motifs is 1. The average Bonchev–Trinajstić information content (AvgIpc) is 2.78. The lowest BCUT2D eigenvalue weighted by atomic mass is 10.0. The highest BCUT2D eigenvalue weighted by molar-refractivity contribution is 6.31. The Morgan fingerprint density at radius 3 is 2.20 bits per heavy atom. The Hall–Kier alpha value is -3.68. The van der Waals surface area contributed by atoms with Gasteiger partial charge in [-0.15, -0.1) is 0 Å². The number of hydrogen-bond acceptors (Lipinski definition) is 3. The molecule has 0 saturated heterocycles. The fourth-order valence-corrected chi connectivity index (χ4v) is 3.55. The van der Waals surface area contributed by atoms with Crippen molar-refractivity contribution < 1.29 is 0 Å². The molecule has 0 fully saturated rings. The first kappa shape index (κ1) is 19.6. The Balaban J connectivity index is 1.75. The number of H-pyrrole nitrogens is 1. The third-order valence-electron chi connectivity index (χ3n) is 4.82. The van der Waals surface area contributed by atoms with Gasteiger partial charge < -0.3 is 4.98 Å². The van der Waals surface area contributed by atoms with Crippen LogP contribution in [0.4, 0.5) is 0 Å². The highest BCUT2D eigenvalue weighted by Gasteiger charge is 2.15. The third kappa shape index (κ3) is 4.32. The molecule has 1 aromatic heterocycles. The van der Waals surface area contributed by atoms with E-state index in [2.05, 4.69) is 11.1 Å². The molecule has 1 heterocycles. The molecule has 0 aliphatic heterocycles. The summed E-state index contributed by atoms with van der Waals surface area (Å²) in [5.41, 5.74) is 3.55. The van der Waals surface area contributed by atoms with Gasteiger partial charge in [0, 0.05) is 33.7 Å². The summed E-state index contributed by atoms with van der Waals surface area (Å²) in [6.07, 6.45) is 0.206. The first-order valence-corrected chi connectivity index (χ1v) is 9.91. The van der Waals surface area contributed by atoms with E-state index in [1.165, 1.54) is 0 Å². The standard InChI is InChI=1S/C25H18ClN3O/c26-21-11-12-23-19(14-21)13-20(25(30)29-23)15-22(16-27)28-24(17-7-3-1-4-8-17)18-9-5-2-6-10-18/h1-14,22H,15H2,(H,29,30).